The quantitative estimate of drug-likeness (QED) is 0.744. The van der Waals surface area contributed by atoms with Gasteiger partial charge in [0.2, 0.25) is 0 Å². The van der Waals surface area contributed by atoms with Gasteiger partial charge in [0, 0.05) is 6.61 Å². The Hall–Kier alpha value is -2.08. The number of esters is 1. The van der Waals surface area contributed by atoms with Gasteiger partial charge >= 0.3 is 12.1 Å². The molecular weight excluding hydrogens is 274 g/mol. The molecule has 1 amide bonds. The normalized spacial score (nSPS) is 13.1. The molecule has 1 rings (SSSR count). The van der Waals surface area contributed by atoms with E-state index in [0.29, 0.717) is 6.42 Å². The molecule has 0 spiro atoms. The number of ether oxygens (including phenoxy) is 2. The molecule has 2 atom stereocenters. The second kappa shape index (κ2) is 8.97. The second-order valence-corrected chi connectivity index (χ2v) is 4.70. The maximum Gasteiger partial charge on any atom is 0.408 e. The number of methoxy groups -OCH3 is 1. The van der Waals surface area contributed by atoms with E-state index in [4.69, 9.17) is 9.84 Å². The van der Waals surface area contributed by atoms with E-state index in [1.807, 2.05) is 30.3 Å². The van der Waals surface area contributed by atoms with E-state index in [9.17, 15) is 9.59 Å². The van der Waals surface area contributed by atoms with Crippen molar-refractivity contribution in [2.45, 2.75) is 26.0 Å². The number of nitrogens with one attached hydrogen (secondary N) is 1. The molecule has 0 saturated heterocycles. The SMILES string of the molecule is COC(=O)[C@@H](NC(=O)OCc1ccccc1)[C@@H](C)CCO. The summed E-state index contributed by atoms with van der Waals surface area (Å²) >= 11 is 0. The molecule has 21 heavy (non-hydrogen) atoms. The lowest BCUT2D eigenvalue weighted by Gasteiger charge is -2.22. The fourth-order valence-electron chi connectivity index (χ4n) is 1.82. The van der Waals surface area contributed by atoms with Crippen LogP contribution in [0.15, 0.2) is 30.3 Å². The Labute approximate surface area is 124 Å². The van der Waals surface area contributed by atoms with Gasteiger partial charge in [0.05, 0.1) is 7.11 Å². The lowest BCUT2D eigenvalue weighted by atomic mass is 9.99. The minimum absolute atomic E-state index is 0.0740. The number of rotatable bonds is 7. The molecule has 2 N–H and O–H groups in total. The zero-order valence-corrected chi connectivity index (χ0v) is 12.2. The molecule has 6 heteroatoms. The summed E-state index contributed by atoms with van der Waals surface area (Å²) in [5.41, 5.74) is 0.852. The molecule has 1 aromatic carbocycles. The van der Waals surface area contributed by atoms with Crippen LogP contribution in [0.5, 0.6) is 0 Å². The van der Waals surface area contributed by atoms with Crippen molar-refractivity contribution in [3.8, 4) is 0 Å². The molecular formula is C15H21NO5. The summed E-state index contributed by atoms with van der Waals surface area (Å²) in [5, 5.41) is 11.4. The molecule has 6 nitrogen and oxygen atoms in total. The van der Waals surface area contributed by atoms with Crippen LogP contribution in [0, 0.1) is 5.92 Å². The van der Waals surface area contributed by atoms with Crippen molar-refractivity contribution >= 4 is 12.1 Å². The van der Waals surface area contributed by atoms with Gasteiger partial charge in [-0.25, -0.2) is 9.59 Å². The monoisotopic (exact) mass is 295 g/mol. The largest absolute Gasteiger partial charge is 0.467 e. The highest BCUT2D eigenvalue weighted by atomic mass is 16.6. The number of carbonyl (C=O) groups is 2. The smallest absolute Gasteiger partial charge is 0.408 e. The first-order valence-electron chi connectivity index (χ1n) is 6.74. The van der Waals surface area contributed by atoms with Gasteiger partial charge in [-0.05, 0) is 17.9 Å². The van der Waals surface area contributed by atoms with Crippen molar-refractivity contribution in [1.82, 2.24) is 5.32 Å². The maximum atomic E-state index is 11.8. The van der Waals surface area contributed by atoms with Gasteiger partial charge in [-0.2, -0.15) is 0 Å². The molecule has 0 heterocycles. The fraction of sp³-hybridized carbons (Fsp3) is 0.467. The third-order valence-corrected chi connectivity index (χ3v) is 3.09. The topological polar surface area (TPSA) is 84.9 Å². The summed E-state index contributed by atoms with van der Waals surface area (Å²) in [6.07, 6.45) is -0.322. The summed E-state index contributed by atoms with van der Waals surface area (Å²) < 4.78 is 9.71. The summed E-state index contributed by atoms with van der Waals surface area (Å²) in [4.78, 5) is 23.4. The summed E-state index contributed by atoms with van der Waals surface area (Å²) in [5.74, 6) is -0.820. The molecule has 116 valence electrons. The summed E-state index contributed by atoms with van der Waals surface area (Å²) in [6, 6.07) is 8.38. The van der Waals surface area contributed by atoms with Crippen molar-refractivity contribution in [2.75, 3.05) is 13.7 Å². The van der Waals surface area contributed by atoms with Crippen LogP contribution in [0.1, 0.15) is 18.9 Å². The molecule has 0 bridgehead atoms. The first-order valence-corrected chi connectivity index (χ1v) is 6.74. The van der Waals surface area contributed by atoms with Crippen molar-refractivity contribution < 1.29 is 24.2 Å². The van der Waals surface area contributed by atoms with Gasteiger partial charge in [-0.3, -0.25) is 0 Å². The highest BCUT2D eigenvalue weighted by Gasteiger charge is 2.27. The van der Waals surface area contributed by atoms with Gasteiger partial charge in [0.1, 0.15) is 12.6 Å². The number of alkyl carbamates (subject to hydrolysis) is 1. The third-order valence-electron chi connectivity index (χ3n) is 3.09. The van der Waals surface area contributed by atoms with Crippen molar-refractivity contribution in [2.24, 2.45) is 5.92 Å². The van der Waals surface area contributed by atoms with Crippen molar-refractivity contribution in [1.29, 1.82) is 0 Å². The minimum atomic E-state index is -0.842. The Morgan fingerprint density at radius 2 is 1.95 bits per heavy atom. The molecule has 0 fully saturated rings. The predicted octanol–water partition coefficient (Wildman–Crippen LogP) is 1.47. The second-order valence-electron chi connectivity index (χ2n) is 4.70. The maximum absolute atomic E-state index is 11.8. The molecule has 1 aromatic rings. The van der Waals surface area contributed by atoms with Crippen molar-refractivity contribution in [3.63, 3.8) is 0 Å². The van der Waals surface area contributed by atoms with Gasteiger partial charge in [0.15, 0.2) is 0 Å². The zero-order chi connectivity index (χ0) is 15.7. The Morgan fingerprint density at radius 1 is 1.29 bits per heavy atom. The number of hydrogen-bond donors (Lipinski definition) is 2. The highest BCUT2D eigenvalue weighted by Crippen LogP contribution is 2.10. The van der Waals surface area contributed by atoms with Gasteiger partial charge in [-0.1, -0.05) is 37.3 Å². The van der Waals surface area contributed by atoms with E-state index < -0.39 is 18.1 Å². The Kier molecular flexibility index (Phi) is 7.25. The van der Waals surface area contributed by atoms with Crippen LogP contribution in [0.25, 0.3) is 0 Å². The average molecular weight is 295 g/mol. The molecule has 0 aromatic heterocycles. The van der Waals surface area contributed by atoms with E-state index in [1.54, 1.807) is 6.92 Å². The van der Waals surface area contributed by atoms with Crippen LogP contribution in [0.4, 0.5) is 4.79 Å². The summed E-state index contributed by atoms with van der Waals surface area (Å²) in [7, 11) is 1.25. The molecule has 0 radical (unpaired) electrons. The number of aliphatic hydroxyl groups excluding tert-OH is 1. The predicted molar refractivity (Wildman–Crippen MR) is 76.4 cm³/mol. The van der Waals surface area contributed by atoms with E-state index in [1.165, 1.54) is 7.11 Å². The Bertz CT molecular complexity index is 449. The zero-order valence-electron chi connectivity index (χ0n) is 12.2. The first kappa shape index (κ1) is 17.0. The van der Waals surface area contributed by atoms with Gasteiger partial charge in [-0.15, -0.1) is 0 Å². The first-order chi connectivity index (χ1) is 10.1. The lowest BCUT2D eigenvalue weighted by molar-refractivity contribution is -0.144. The van der Waals surface area contributed by atoms with Crippen LogP contribution < -0.4 is 5.32 Å². The van der Waals surface area contributed by atoms with Gasteiger partial charge in [0.25, 0.3) is 0 Å². The Morgan fingerprint density at radius 3 is 2.52 bits per heavy atom. The van der Waals surface area contributed by atoms with E-state index in [0.717, 1.165) is 5.56 Å². The van der Waals surface area contributed by atoms with E-state index in [2.05, 4.69) is 10.1 Å². The number of benzene rings is 1. The third kappa shape index (κ3) is 5.83. The molecule has 0 aliphatic heterocycles. The van der Waals surface area contributed by atoms with E-state index >= 15 is 0 Å². The highest BCUT2D eigenvalue weighted by molar-refractivity contribution is 5.81. The molecule has 0 saturated carbocycles. The molecule has 0 aliphatic rings. The number of hydrogen-bond acceptors (Lipinski definition) is 5. The number of carbonyl (C=O) groups excluding carboxylic acids is 2. The van der Waals surface area contributed by atoms with Crippen LogP contribution in [0.2, 0.25) is 0 Å². The minimum Gasteiger partial charge on any atom is -0.467 e. The standard InChI is InChI=1S/C15H21NO5/c1-11(8-9-17)13(14(18)20-2)16-15(19)21-10-12-6-4-3-5-7-12/h3-7,11,13,17H,8-10H2,1-2H3,(H,16,19)/t11-,13-/m0/s1. The number of aliphatic hydroxyl groups is 1. The molecule has 0 unspecified atom stereocenters. The number of amides is 1. The average Bonchev–Trinajstić information content (AvgIpc) is 2.51. The summed E-state index contributed by atoms with van der Waals surface area (Å²) in [6.45, 7) is 1.79. The van der Waals surface area contributed by atoms with Crippen molar-refractivity contribution in [3.05, 3.63) is 35.9 Å². The fourth-order valence-corrected chi connectivity index (χ4v) is 1.82. The van der Waals surface area contributed by atoms with Crippen LogP contribution in [0.3, 0.4) is 0 Å². The van der Waals surface area contributed by atoms with Crippen LogP contribution >= 0.6 is 0 Å². The lowest BCUT2D eigenvalue weighted by Crippen LogP contribution is -2.46. The van der Waals surface area contributed by atoms with E-state index in [-0.39, 0.29) is 19.1 Å². The van der Waals surface area contributed by atoms with Crippen LogP contribution in [-0.4, -0.2) is 36.9 Å². The van der Waals surface area contributed by atoms with Gasteiger partial charge < -0.3 is 19.9 Å². The molecule has 0 aliphatic carbocycles. The van der Waals surface area contributed by atoms with Crippen LogP contribution in [-0.2, 0) is 20.9 Å². The Balaban J connectivity index is 2.53.